The molecule has 0 aliphatic rings. The molecule has 3 aromatic rings. The van der Waals surface area contributed by atoms with Crippen molar-refractivity contribution in [1.82, 2.24) is 9.66 Å². The lowest BCUT2D eigenvalue weighted by atomic mass is 10.2. The number of aromatic nitrogens is 2. The molecule has 0 N–H and O–H groups in total. The molecule has 0 spiro atoms. The number of hydrogen-bond acceptors (Lipinski definition) is 7. The van der Waals surface area contributed by atoms with Crippen molar-refractivity contribution in [1.29, 1.82) is 0 Å². The van der Waals surface area contributed by atoms with Crippen molar-refractivity contribution in [2.75, 3.05) is 13.2 Å². The fraction of sp³-hybridized carbons (Fsp3) is 0.360. The molecule has 0 aliphatic heterocycles. The van der Waals surface area contributed by atoms with E-state index in [1.165, 1.54) is 4.68 Å². The average Bonchev–Trinajstić information content (AvgIpc) is 2.82. The lowest BCUT2D eigenvalue weighted by Gasteiger charge is -2.18. The second-order valence-electron chi connectivity index (χ2n) is 7.58. The Morgan fingerprint density at radius 1 is 1.17 bits per heavy atom. The van der Waals surface area contributed by atoms with E-state index < -0.39 is 12.1 Å². The van der Waals surface area contributed by atoms with Gasteiger partial charge in [-0.3, -0.25) is 4.79 Å². The largest absolute Gasteiger partial charge is 0.490 e. The van der Waals surface area contributed by atoms with Gasteiger partial charge in [0.2, 0.25) is 0 Å². The highest BCUT2D eigenvalue weighted by Gasteiger charge is 2.21. The first-order chi connectivity index (χ1) is 16.8. The van der Waals surface area contributed by atoms with Crippen LogP contribution in [-0.4, -0.2) is 41.2 Å². The number of halogens is 2. The van der Waals surface area contributed by atoms with Crippen molar-refractivity contribution in [3.63, 3.8) is 0 Å². The summed E-state index contributed by atoms with van der Waals surface area (Å²) in [4.78, 5) is 29.9. The molecule has 0 radical (unpaired) electrons. The molecule has 35 heavy (non-hydrogen) atoms. The predicted octanol–water partition coefficient (Wildman–Crippen LogP) is 5.49. The van der Waals surface area contributed by atoms with Crippen LogP contribution in [0.4, 0.5) is 0 Å². The van der Waals surface area contributed by atoms with Crippen molar-refractivity contribution in [2.24, 2.45) is 5.10 Å². The van der Waals surface area contributed by atoms with Gasteiger partial charge in [-0.15, -0.1) is 0 Å². The van der Waals surface area contributed by atoms with Crippen LogP contribution in [0.25, 0.3) is 10.9 Å². The fourth-order valence-electron chi connectivity index (χ4n) is 3.35. The smallest absolute Gasteiger partial charge is 0.347 e. The number of carbonyl (C=O) groups is 1. The Hall–Kier alpha value is -2.72. The Balaban J connectivity index is 2.02. The van der Waals surface area contributed by atoms with Crippen molar-refractivity contribution < 1.29 is 19.0 Å². The zero-order valence-electron chi connectivity index (χ0n) is 20.0. The summed E-state index contributed by atoms with van der Waals surface area (Å²) in [5, 5.41) is 4.95. The molecule has 0 amide bonds. The highest BCUT2D eigenvalue weighted by Crippen LogP contribution is 2.37. The van der Waals surface area contributed by atoms with Gasteiger partial charge in [-0.1, -0.05) is 22.9 Å². The van der Waals surface area contributed by atoms with E-state index >= 15 is 0 Å². The van der Waals surface area contributed by atoms with Gasteiger partial charge in [-0.05, 0) is 79.0 Å². The Bertz CT molecular complexity index is 1310. The molecule has 3 rings (SSSR count). The summed E-state index contributed by atoms with van der Waals surface area (Å²) in [6.07, 6.45) is 2.17. The Labute approximate surface area is 220 Å². The van der Waals surface area contributed by atoms with E-state index in [2.05, 4.69) is 41.9 Å². The van der Waals surface area contributed by atoms with Crippen molar-refractivity contribution in [2.45, 2.75) is 46.6 Å². The van der Waals surface area contributed by atoms with Crippen LogP contribution in [0.2, 0.25) is 0 Å². The van der Waals surface area contributed by atoms with Gasteiger partial charge >= 0.3 is 5.97 Å². The summed E-state index contributed by atoms with van der Waals surface area (Å²) in [6.45, 7) is 7.88. The molecule has 0 aliphatic carbocycles. The lowest BCUT2D eigenvalue weighted by molar-refractivity contribution is -0.150. The second kappa shape index (κ2) is 12.3. The molecular formula is C25H27Br2N3O5. The molecule has 0 saturated heterocycles. The molecule has 0 unspecified atom stereocenters. The quantitative estimate of drug-likeness (QED) is 0.223. The van der Waals surface area contributed by atoms with Gasteiger partial charge in [0.05, 0.1) is 34.8 Å². The minimum atomic E-state index is -0.817. The Morgan fingerprint density at radius 2 is 1.94 bits per heavy atom. The molecule has 0 saturated carbocycles. The molecule has 2 aromatic carbocycles. The average molecular weight is 609 g/mol. The van der Waals surface area contributed by atoms with Crippen LogP contribution >= 0.6 is 31.9 Å². The molecule has 10 heteroatoms. The molecule has 0 bridgehead atoms. The Kier molecular flexibility index (Phi) is 9.45. The highest BCUT2D eigenvalue weighted by atomic mass is 79.9. The molecular weight excluding hydrogens is 582 g/mol. The second-order valence-corrected chi connectivity index (χ2v) is 9.35. The number of rotatable bonds is 10. The van der Waals surface area contributed by atoms with Crippen molar-refractivity contribution in [3.8, 4) is 11.5 Å². The van der Waals surface area contributed by atoms with Gasteiger partial charge in [0.1, 0.15) is 5.82 Å². The van der Waals surface area contributed by atoms with Crippen LogP contribution in [0.5, 0.6) is 11.5 Å². The topological polar surface area (TPSA) is 92.0 Å². The number of ether oxygens (including phenoxy) is 3. The minimum absolute atomic E-state index is 0.247. The normalized spacial score (nSPS) is 12.2. The first-order valence-corrected chi connectivity index (χ1v) is 12.9. The summed E-state index contributed by atoms with van der Waals surface area (Å²) in [7, 11) is 0. The third kappa shape index (κ3) is 6.49. The molecule has 1 aromatic heterocycles. The Morgan fingerprint density at radius 3 is 2.63 bits per heavy atom. The van der Waals surface area contributed by atoms with Crippen LogP contribution in [0.1, 0.15) is 45.5 Å². The maximum atomic E-state index is 13.2. The summed E-state index contributed by atoms with van der Waals surface area (Å²) in [6, 6.07) is 8.93. The van der Waals surface area contributed by atoms with E-state index in [0.29, 0.717) is 51.3 Å². The van der Waals surface area contributed by atoms with E-state index in [1.807, 2.05) is 26.0 Å². The summed E-state index contributed by atoms with van der Waals surface area (Å²) in [5.74, 6) is 0.924. The van der Waals surface area contributed by atoms with Crippen LogP contribution in [0, 0.1) is 0 Å². The van der Waals surface area contributed by atoms with Crippen LogP contribution < -0.4 is 15.0 Å². The van der Waals surface area contributed by atoms with E-state index in [1.54, 1.807) is 38.3 Å². The van der Waals surface area contributed by atoms with Crippen LogP contribution in [-0.2, 0) is 16.0 Å². The molecule has 1 atom stereocenters. The third-order valence-corrected chi connectivity index (χ3v) is 6.00. The first kappa shape index (κ1) is 26.9. The molecule has 8 nitrogen and oxygen atoms in total. The zero-order valence-corrected chi connectivity index (χ0v) is 23.2. The van der Waals surface area contributed by atoms with E-state index in [9.17, 15) is 9.59 Å². The number of fused-ring (bicyclic) bond motifs is 1. The number of esters is 1. The zero-order chi connectivity index (χ0) is 25.5. The predicted molar refractivity (Wildman–Crippen MR) is 143 cm³/mol. The van der Waals surface area contributed by atoms with Gasteiger partial charge in [0, 0.05) is 10.9 Å². The van der Waals surface area contributed by atoms with Crippen molar-refractivity contribution in [3.05, 3.63) is 61.0 Å². The van der Waals surface area contributed by atoms with Gasteiger partial charge in [0.25, 0.3) is 5.56 Å². The number of benzene rings is 2. The molecule has 0 fully saturated rings. The van der Waals surface area contributed by atoms with Gasteiger partial charge in [0.15, 0.2) is 17.6 Å². The maximum absolute atomic E-state index is 13.2. The van der Waals surface area contributed by atoms with E-state index in [4.69, 9.17) is 14.2 Å². The molecule has 1 heterocycles. The van der Waals surface area contributed by atoms with E-state index in [-0.39, 0.29) is 12.2 Å². The lowest BCUT2D eigenvalue weighted by Crippen LogP contribution is -2.26. The van der Waals surface area contributed by atoms with Crippen LogP contribution in [0.15, 0.2) is 49.2 Å². The van der Waals surface area contributed by atoms with Gasteiger partial charge in [-0.2, -0.15) is 9.78 Å². The highest BCUT2D eigenvalue weighted by molar-refractivity contribution is 9.10. The summed E-state index contributed by atoms with van der Waals surface area (Å²) in [5.41, 5.74) is 1.05. The number of hydrogen-bond donors (Lipinski definition) is 0. The summed E-state index contributed by atoms with van der Waals surface area (Å²) < 4.78 is 19.3. The number of carbonyl (C=O) groups excluding carboxylic acids is 1. The monoisotopic (exact) mass is 607 g/mol. The van der Waals surface area contributed by atoms with Gasteiger partial charge < -0.3 is 14.2 Å². The van der Waals surface area contributed by atoms with E-state index in [0.717, 1.165) is 10.9 Å². The number of aryl methyl sites for hydroxylation is 1. The van der Waals surface area contributed by atoms with Gasteiger partial charge in [-0.25, -0.2) is 9.78 Å². The minimum Gasteiger partial charge on any atom is -0.490 e. The SMILES string of the molecule is CCCc1nc2ccc(Br)cc2c(=O)n1N=Cc1cc(Br)c(O[C@H](C)C(=O)OCC)c(OCC)c1. The fourth-order valence-corrected chi connectivity index (χ4v) is 4.26. The van der Waals surface area contributed by atoms with Crippen LogP contribution in [0.3, 0.4) is 0 Å². The number of nitrogens with zero attached hydrogens (tertiary/aromatic N) is 3. The third-order valence-electron chi connectivity index (χ3n) is 4.92. The van der Waals surface area contributed by atoms with Crippen molar-refractivity contribution >= 4 is 54.9 Å². The first-order valence-electron chi connectivity index (χ1n) is 11.3. The standard InChI is InChI=1S/C25H27Br2N3O5/c1-5-8-22-29-20-10-9-17(26)13-18(20)24(31)30(22)28-14-16-11-19(27)23(21(12-16)33-6-2)35-15(4)25(32)34-7-3/h9-15H,5-8H2,1-4H3/t15-/m1/s1. The summed E-state index contributed by atoms with van der Waals surface area (Å²) >= 11 is 6.91. The molecule has 186 valence electrons. The maximum Gasteiger partial charge on any atom is 0.347 e.